The van der Waals surface area contributed by atoms with E-state index in [4.69, 9.17) is 5.73 Å². The van der Waals surface area contributed by atoms with E-state index in [0.29, 0.717) is 10.6 Å². The van der Waals surface area contributed by atoms with Gasteiger partial charge in [-0.3, -0.25) is 0 Å². The molecule has 0 aromatic heterocycles. The number of nitriles is 1. The van der Waals surface area contributed by atoms with E-state index in [1.807, 2.05) is 67.6 Å². The van der Waals surface area contributed by atoms with Gasteiger partial charge in [-0.25, -0.2) is 4.99 Å². The van der Waals surface area contributed by atoms with Crippen molar-refractivity contribution in [2.24, 2.45) is 10.7 Å². The van der Waals surface area contributed by atoms with E-state index >= 15 is 0 Å². The molecule has 24 heavy (non-hydrogen) atoms. The zero-order valence-corrected chi connectivity index (χ0v) is 14.3. The van der Waals surface area contributed by atoms with Crippen LogP contribution in [0.1, 0.15) is 31.2 Å². The predicted molar refractivity (Wildman–Crippen MR) is 101 cm³/mol. The maximum atomic E-state index is 9.87. The Morgan fingerprint density at radius 3 is 2.25 bits per heavy atom. The zero-order valence-electron chi connectivity index (χ0n) is 14.4. The molecule has 120 valence electrons. The number of aliphatic imine (C=N–C) groups is 1. The highest BCUT2D eigenvalue weighted by atomic mass is 32.2. The molecule has 0 amide bonds. The summed E-state index contributed by atoms with van der Waals surface area (Å²) < 4.78 is 9.27. The number of thioether (sulfide) groups is 1. The predicted octanol–water partition coefficient (Wildman–Crippen LogP) is 4.41. The molecule has 1 aliphatic heterocycles. The smallest absolute Gasteiger partial charge is 0.112 e. The molecule has 0 saturated carbocycles. The molecular weight excluding hydrogens is 314 g/mol. The Balaban J connectivity index is 2.28. The van der Waals surface area contributed by atoms with Crippen LogP contribution < -0.4 is 5.73 Å². The fourth-order valence-electron chi connectivity index (χ4n) is 2.92. The average molecular weight is 334 g/mol. The number of hydrogen-bond donors (Lipinski definition) is 1. The molecule has 0 aliphatic carbocycles. The van der Waals surface area contributed by atoms with Crippen molar-refractivity contribution in [2.75, 3.05) is 5.75 Å². The molecule has 0 bridgehead atoms. The van der Waals surface area contributed by atoms with Gasteiger partial charge in [-0.15, -0.1) is 11.8 Å². The van der Waals surface area contributed by atoms with E-state index in [0.717, 1.165) is 16.9 Å². The molecule has 2 aromatic rings. The van der Waals surface area contributed by atoms with Crippen molar-refractivity contribution in [3.63, 3.8) is 0 Å². The summed E-state index contributed by atoms with van der Waals surface area (Å²) in [5.41, 5.74) is 8.45. The van der Waals surface area contributed by atoms with Crippen LogP contribution in [0.15, 0.2) is 76.3 Å². The lowest BCUT2D eigenvalue weighted by molar-refractivity contribution is 0.725. The van der Waals surface area contributed by atoms with Gasteiger partial charge in [0.05, 0.1) is 17.5 Å². The van der Waals surface area contributed by atoms with Crippen LogP contribution in [0.3, 0.4) is 0 Å². The molecule has 1 aliphatic rings. The number of nitrogens with zero attached hydrogens (tertiary/aromatic N) is 2. The van der Waals surface area contributed by atoms with Crippen molar-refractivity contribution < 1.29 is 1.37 Å². The number of hydrogen-bond acceptors (Lipinski definition) is 4. The first-order chi connectivity index (χ1) is 12.1. The molecule has 0 radical (unpaired) electrons. The topological polar surface area (TPSA) is 62.2 Å². The molecule has 0 spiro atoms. The SMILES string of the molecule is [2H]C1(c2ccccc2)C(N)=NC(SCC)=C(C#N)C1c1ccccc1. The van der Waals surface area contributed by atoms with Crippen molar-refractivity contribution in [2.45, 2.75) is 18.7 Å². The molecule has 2 N–H and O–H groups in total. The second-order valence-corrected chi connectivity index (χ2v) is 6.64. The second-order valence-electron chi connectivity index (χ2n) is 5.38. The van der Waals surface area contributed by atoms with Gasteiger partial charge in [-0.1, -0.05) is 67.6 Å². The van der Waals surface area contributed by atoms with Crippen LogP contribution >= 0.6 is 11.8 Å². The Morgan fingerprint density at radius 1 is 1.12 bits per heavy atom. The van der Waals surface area contributed by atoms with Crippen molar-refractivity contribution >= 4 is 17.6 Å². The van der Waals surface area contributed by atoms with E-state index < -0.39 is 11.8 Å². The minimum atomic E-state index is -1.31. The Morgan fingerprint density at radius 2 is 1.71 bits per heavy atom. The second kappa shape index (κ2) is 7.37. The molecule has 2 unspecified atom stereocenters. The normalized spacial score (nSPS) is 24.1. The van der Waals surface area contributed by atoms with Gasteiger partial charge < -0.3 is 5.73 Å². The van der Waals surface area contributed by atoms with Crippen LogP contribution in [0.4, 0.5) is 0 Å². The molecule has 3 nitrogen and oxygen atoms in total. The third-order valence-electron chi connectivity index (χ3n) is 3.92. The van der Waals surface area contributed by atoms with Crippen LogP contribution in [-0.2, 0) is 0 Å². The zero-order chi connectivity index (χ0) is 17.9. The fourth-order valence-corrected chi connectivity index (χ4v) is 3.67. The summed E-state index contributed by atoms with van der Waals surface area (Å²) in [5, 5.41) is 10.5. The van der Waals surface area contributed by atoms with Crippen molar-refractivity contribution in [3.8, 4) is 6.07 Å². The van der Waals surface area contributed by atoms with Crippen LogP contribution in [0.5, 0.6) is 0 Å². The Hall–Kier alpha value is -2.51. The van der Waals surface area contributed by atoms with E-state index in [1.54, 1.807) is 0 Å². The minimum absolute atomic E-state index is 0.225. The first-order valence-corrected chi connectivity index (χ1v) is 8.83. The average Bonchev–Trinajstić information content (AvgIpc) is 2.66. The van der Waals surface area contributed by atoms with E-state index in [-0.39, 0.29) is 5.84 Å². The molecule has 4 heteroatoms. The number of allylic oxidation sites excluding steroid dienone is 1. The third-order valence-corrected chi connectivity index (χ3v) is 4.80. The molecule has 2 aromatic carbocycles. The van der Waals surface area contributed by atoms with E-state index in [1.165, 1.54) is 11.8 Å². The summed E-state index contributed by atoms with van der Waals surface area (Å²) in [7, 11) is 0. The van der Waals surface area contributed by atoms with E-state index in [9.17, 15) is 6.63 Å². The molecule has 1 heterocycles. The number of rotatable bonds is 4. The molecule has 0 fully saturated rings. The highest BCUT2D eigenvalue weighted by Gasteiger charge is 2.36. The quantitative estimate of drug-likeness (QED) is 0.900. The van der Waals surface area contributed by atoms with Crippen molar-refractivity contribution in [1.82, 2.24) is 0 Å². The molecule has 2 atom stereocenters. The molecular formula is C20H19N3S. The van der Waals surface area contributed by atoms with Gasteiger partial charge in [0.25, 0.3) is 0 Å². The van der Waals surface area contributed by atoms with Crippen molar-refractivity contribution in [1.29, 1.82) is 5.26 Å². The fraction of sp³-hybridized carbons (Fsp3) is 0.200. The standard InChI is InChI=1S/C20H19N3S/c1-2-24-20-16(13-21)17(14-9-5-3-6-10-14)18(19(22)23-20)15-11-7-4-8-12-15/h3-12,17-18H,2H2,1H3,(H2,22,23)/i18D. The summed E-state index contributed by atoms with van der Waals surface area (Å²) in [6.45, 7) is 2.01. The van der Waals surface area contributed by atoms with Crippen LogP contribution in [-0.4, -0.2) is 11.6 Å². The van der Waals surface area contributed by atoms with Gasteiger partial charge in [0, 0.05) is 7.29 Å². The lowest BCUT2D eigenvalue weighted by atomic mass is 9.75. The van der Waals surface area contributed by atoms with Gasteiger partial charge in [-0.05, 0) is 16.9 Å². The summed E-state index contributed by atoms with van der Waals surface area (Å²) >= 11 is 1.49. The summed E-state index contributed by atoms with van der Waals surface area (Å²) in [4.78, 5) is 4.46. The van der Waals surface area contributed by atoms with Gasteiger partial charge in [0.1, 0.15) is 10.9 Å². The number of nitrogens with two attached hydrogens (primary N) is 1. The lowest BCUT2D eigenvalue weighted by Crippen LogP contribution is -2.31. The molecule has 0 saturated heterocycles. The number of benzene rings is 2. The van der Waals surface area contributed by atoms with Gasteiger partial charge in [0.15, 0.2) is 0 Å². The van der Waals surface area contributed by atoms with Gasteiger partial charge in [0.2, 0.25) is 0 Å². The highest BCUT2D eigenvalue weighted by Crippen LogP contribution is 2.45. The first kappa shape index (κ1) is 15.0. The Labute approximate surface area is 148 Å². The summed E-state index contributed by atoms with van der Waals surface area (Å²) in [5.74, 6) is -0.796. The summed E-state index contributed by atoms with van der Waals surface area (Å²) in [6, 6.07) is 21.4. The van der Waals surface area contributed by atoms with Crippen LogP contribution in [0.2, 0.25) is 0 Å². The lowest BCUT2D eigenvalue weighted by Gasteiger charge is -2.31. The van der Waals surface area contributed by atoms with Gasteiger partial charge >= 0.3 is 0 Å². The monoisotopic (exact) mass is 334 g/mol. The van der Waals surface area contributed by atoms with Gasteiger partial charge in [-0.2, -0.15) is 5.26 Å². The summed E-state index contributed by atoms with van der Waals surface area (Å²) in [6.07, 6.45) is 0. The number of amidine groups is 1. The van der Waals surface area contributed by atoms with Crippen LogP contribution in [0.25, 0.3) is 0 Å². The maximum Gasteiger partial charge on any atom is 0.112 e. The minimum Gasteiger partial charge on any atom is -0.387 e. The Kier molecular flexibility index (Phi) is 4.62. The third kappa shape index (κ3) is 3.08. The van der Waals surface area contributed by atoms with E-state index in [2.05, 4.69) is 11.1 Å². The van der Waals surface area contributed by atoms with Crippen molar-refractivity contribution in [3.05, 3.63) is 82.4 Å². The van der Waals surface area contributed by atoms with Crippen LogP contribution in [0, 0.1) is 11.3 Å². The Bertz CT molecular complexity index is 856. The maximum absolute atomic E-state index is 9.87. The highest BCUT2D eigenvalue weighted by molar-refractivity contribution is 8.03. The molecule has 3 rings (SSSR count). The first-order valence-electron chi connectivity index (χ1n) is 8.35. The largest absolute Gasteiger partial charge is 0.387 e.